The van der Waals surface area contributed by atoms with E-state index in [9.17, 15) is 9.59 Å². The Bertz CT molecular complexity index is 1380. The molecule has 0 saturated carbocycles. The van der Waals surface area contributed by atoms with Crippen molar-refractivity contribution in [2.24, 2.45) is 0 Å². The van der Waals surface area contributed by atoms with Crippen molar-refractivity contribution < 1.29 is 9.59 Å². The fourth-order valence-corrected chi connectivity index (χ4v) is 4.58. The Balaban J connectivity index is 1.48. The van der Waals surface area contributed by atoms with Crippen LogP contribution in [-0.2, 0) is 6.54 Å². The number of thioether (sulfide) groups is 1. The van der Waals surface area contributed by atoms with Crippen molar-refractivity contribution in [3.8, 4) is 22.3 Å². The number of aromatic nitrogens is 1. The van der Waals surface area contributed by atoms with Gasteiger partial charge in [0.25, 0.3) is 11.8 Å². The summed E-state index contributed by atoms with van der Waals surface area (Å²) in [6.07, 6.45) is 3.78. The second-order valence-electron chi connectivity index (χ2n) is 8.42. The lowest BCUT2D eigenvalue weighted by molar-refractivity contribution is 0.0944. The third-order valence-corrected chi connectivity index (χ3v) is 6.81. The molecule has 3 aromatic carbocycles. The molecule has 0 atom stereocenters. The van der Waals surface area contributed by atoms with E-state index in [1.165, 1.54) is 0 Å². The van der Waals surface area contributed by atoms with Crippen molar-refractivity contribution in [2.75, 3.05) is 12.8 Å². The van der Waals surface area contributed by atoms with E-state index >= 15 is 0 Å². The lowest BCUT2D eigenvalue weighted by Crippen LogP contribution is -2.23. The van der Waals surface area contributed by atoms with Crippen LogP contribution in [0.15, 0.2) is 90.0 Å². The van der Waals surface area contributed by atoms with Gasteiger partial charge in [0.1, 0.15) is 0 Å². The highest BCUT2D eigenvalue weighted by atomic mass is 32.2. The molecule has 0 radical (unpaired) electrons. The van der Waals surface area contributed by atoms with E-state index in [-0.39, 0.29) is 11.8 Å². The van der Waals surface area contributed by atoms with Gasteiger partial charge in [-0.1, -0.05) is 36.4 Å². The minimum absolute atomic E-state index is 0.0683. The monoisotopic (exact) mass is 495 g/mol. The number of hydrogen-bond acceptors (Lipinski definition) is 4. The maximum absolute atomic E-state index is 12.7. The first-order valence-electron chi connectivity index (χ1n) is 11.9. The molecule has 1 aromatic heterocycles. The molecule has 0 unspecified atom stereocenters. The average molecular weight is 496 g/mol. The zero-order valence-electron chi connectivity index (χ0n) is 20.7. The van der Waals surface area contributed by atoms with Crippen molar-refractivity contribution in [3.05, 3.63) is 107 Å². The summed E-state index contributed by atoms with van der Waals surface area (Å²) in [6, 6.07) is 25.6. The van der Waals surface area contributed by atoms with Gasteiger partial charge in [0.15, 0.2) is 0 Å². The summed E-state index contributed by atoms with van der Waals surface area (Å²) in [6.45, 7) is 4.89. The third kappa shape index (κ3) is 6.01. The van der Waals surface area contributed by atoms with E-state index < -0.39 is 0 Å². The summed E-state index contributed by atoms with van der Waals surface area (Å²) in [5, 5.41) is 5.80. The average Bonchev–Trinajstić information content (AvgIpc) is 2.92. The SMILES string of the molecule is CCNC(=O)c1ccc(-c2cccc(-c3ccnc(CNC(=O)c4ccc(C)c(SC)c4)c3)c2)cc1. The van der Waals surface area contributed by atoms with Crippen LogP contribution in [0.3, 0.4) is 0 Å². The number of carbonyl (C=O) groups excluding carboxylic acids is 2. The minimum Gasteiger partial charge on any atom is -0.352 e. The fourth-order valence-electron chi connectivity index (χ4n) is 3.94. The van der Waals surface area contributed by atoms with Gasteiger partial charge in [-0.25, -0.2) is 0 Å². The third-order valence-electron chi connectivity index (χ3n) is 5.93. The molecule has 5 nitrogen and oxygen atoms in total. The molecule has 0 aliphatic heterocycles. The maximum atomic E-state index is 12.7. The Kier molecular flexibility index (Phi) is 8.18. The zero-order chi connectivity index (χ0) is 25.5. The lowest BCUT2D eigenvalue weighted by atomic mass is 9.98. The molecule has 2 N–H and O–H groups in total. The van der Waals surface area contributed by atoms with Crippen molar-refractivity contribution >= 4 is 23.6 Å². The zero-order valence-corrected chi connectivity index (χ0v) is 21.5. The van der Waals surface area contributed by atoms with Gasteiger partial charge in [0.2, 0.25) is 0 Å². The predicted octanol–water partition coefficient (Wildman–Crippen LogP) is 6.13. The molecule has 0 aliphatic carbocycles. The normalized spacial score (nSPS) is 10.6. The predicted molar refractivity (Wildman–Crippen MR) is 147 cm³/mol. The topological polar surface area (TPSA) is 71.1 Å². The van der Waals surface area contributed by atoms with Gasteiger partial charge >= 0.3 is 0 Å². The van der Waals surface area contributed by atoms with Gasteiger partial charge in [-0.2, -0.15) is 0 Å². The van der Waals surface area contributed by atoms with E-state index in [0.717, 1.165) is 38.4 Å². The summed E-state index contributed by atoms with van der Waals surface area (Å²) in [5.41, 5.74) is 7.41. The molecular formula is C30H29N3O2S. The van der Waals surface area contributed by atoms with Crippen LogP contribution in [0.4, 0.5) is 0 Å². The second kappa shape index (κ2) is 11.7. The molecule has 0 aliphatic rings. The highest BCUT2D eigenvalue weighted by Crippen LogP contribution is 2.27. The summed E-state index contributed by atoms with van der Waals surface area (Å²) < 4.78 is 0. The van der Waals surface area contributed by atoms with Crippen molar-refractivity contribution in [2.45, 2.75) is 25.3 Å². The minimum atomic E-state index is -0.115. The first-order valence-corrected chi connectivity index (χ1v) is 13.1. The van der Waals surface area contributed by atoms with Crippen molar-refractivity contribution in [3.63, 3.8) is 0 Å². The molecule has 1 heterocycles. The Morgan fingerprint density at radius 2 is 1.44 bits per heavy atom. The first-order chi connectivity index (χ1) is 17.5. The van der Waals surface area contributed by atoms with Crippen LogP contribution < -0.4 is 10.6 Å². The second-order valence-corrected chi connectivity index (χ2v) is 9.27. The Labute approximate surface area is 216 Å². The van der Waals surface area contributed by atoms with Crippen LogP contribution >= 0.6 is 11.8 Å². The van der Waals surface area contributed by atoms with Gasteiger partial charge in [0, 0.05) is 28.8 Å². The number of nitrogens with zero attached hydrogens (tertiary/aromatic N) is 1. The molecule has 182 valence electrons. The van der Waals surface area contributed by atoms with Gasteiger partial charge in [-0.15, -0.1) is 11.8 Å². The van der Waals surface area contributed by atoms with Crippen LogP contribution in [0.1, 0.15) is 38.9 Å². The Morgan fingerprint density at radius 1 is 0.778 bits per heavy atom. The van der Waals surface area contributed by atoms with Crippen LogP contribution in [0.2, 0.25) is 0 Å². The smallest absolute Gasteiger partial charge is 0.251 e. The van der Waals surface area contributed by atoms with Gasteiger partial charge in [-0.3, -0.25) is 14.6 Å². The number of carbonyl (C=O) groups is 2. The highest BCUT2D eigenvalue weighted by molar-refractivity contribution is 7.98. The molecule has 6 heteroatoms. The lowest BCUT2D eigenvalue weighted by Gasteiger charge is -2.10. The van der Waals surface area contributed by atoms with E-state index in [1.807, 2.05) is 80.8 Å². The summed E-state index contributed by atoms with van der Waals surface area (Å²) >= 11 is 1.63. The van der Waals surface area contributed by atoms with Crippen LogP contribution in [0.25, 0.3) is 22.3 Å². The summed E-state index contributed by atoms with van der Waals surface area (Å²) in [4.78, 5) is 30.3. The van der Waals surface area contributed by atoms with E-state index in [1.54, 1.807) is 18.0 Å². The molecule has 0 saturated heterocycles. The fraction of sp³-hybridized carbons (Fsp3) is 0.167. The number of pyridine rings is 1. The number of nitrogens with one attached hydrogen (secondary N) is 2. The largest absolute Gasteiger partial charge is 0.352 e. The number of hydrogen-bond donors (Lipinski definition) is 2. The molecule has 0 fully saturated rings. The van der Waals surface area contributed by atoms with E-state index in [2.05, 4.69) is 33.8 Å². The summed E-state index contributed by atoms with van der Waals surface area (Å²) in [5.74, 6) is -0.183. The van der Waals surface area contributed by atoms with Crippen LogP contribution in [0.5, 0.6) is 0 Å². The Hall–Kier alpha value is -3.90. The van der Waals surface area contributed by atoms with Crippen molar-refractivity contribution in [1.29, 1.82) is 0 Å². The van der Waals surface area contributed by atoms with Gasteiger partial charge in [-0.05, 0) is 90.4 Å². The van der Waals surface area contributed by atoms with Crippen LogP contribution in [-0.4, -0.2) is 29.6 Å². The van der Waals surface area contributed by atoms with Gasteiger partial charge in [0.05, 0.1) is 12.2 Å². The first kappa shape index (κ1) is 25.2. The molecule has 0 spiro atoms. The number of aryl methyl sites for hydroxylation is 1. The van der Waals surface area contributed by atoms with Gasteiger partial charge < -0.3 is 10.6 Å². The molecule has 36 heavy (non-hydrogen) atoms. The molecule has 2 amide bonds. The Morgan fingerprint density at radius 3 is 2.17 bits per heavy atom. The molecule has 4 rings (SSSR count). The van der Waals surface area contributed by atoms with E-state index in [4.69, 9.17) is 0 Å². The maximum Gasteiger partial charge on any atom is 0.251 e. The standard InChI is InChI=1S/C30H29N3O2S/c1-4-31-29(34)22-12-10-21(11-13-22)23-6-5-7-24(16-23)25-14-15-32-27(17-25)19-33-30(35)26-9-8-20(2)28(18-26)36-3/h5-18H,4,19H2,1-3H3,(H,31,34)(H,33,35). The van der Waals surface area contributed by atoms with Crippen LogP contribution in [0, 0.1) is 6.92 Å². The summed E-state index contributed by atoms with van der Waals surface area (Å²) in [7, 11) is 0. The van der Waals surface area contributed by atoms with E-state index in [0.29, 0.717) is 24.2 Å². The molecule has 0 bridgehead atoms. The number of rotatable bonds is 8. The molecular weight excluding hydrogens is 466 g/mol. The molecule has 4 aromatic rings. The number of amides is 2. The highest BCUT2D eigenvalue weighted by Gasteiger charge is 2.10. The quantitative estimate of drug-likeness (QED) is 0.289. The number of benzene rings is 3. The van der Waals surface area contributed by atoms with Crippen molar-refractivity contribution in [1.82, 2.24) is 15.6 Å².